The van der Waals surface area contributed by atoms with Crippen molar-refractivity contribution in [3.63, 3.8) is 0 Å². The molecule has 142 valence electrons. The molecule has 3 rings (SSSR count). The molecule has 0 saturated carbocycles. The fourth-order valence-corrected chi connectivity index (χ4v) is 5.86. The van der Waals surface area contributed by atoms with E-state index >= 15 is 0 Å². The number of anilines is 1. The van der Waals surface area contributed by atoms with Crippen LogP contribution in [0.4, 0.5) is 5.13 Å². The smallest absolute Gasteiger partial charge is 0.265 e. The van der Waals surface area contributed by atoms with Gasteiger partial charge in [-0.2, -0.15) is 0 Å². The maximum Gasteiger partial charge on any atom is 0.265 e. The molecule has 0 amide bonds. The van der Waals surface area contributed by atoms with Gasteiger partial charge in [0.25, 0.3) is 10.0 Å². The van der Waals surface area contributed by atoms with E-state index in [4.69, 9.17) is 27.9 Å². The van der Waals surface area contributed by atoms with Crippen molar-refractivity contribution in [2.45, 2.75) is 15.0 Å². The van der Waals surface area contributed by atoms with Crippen molar-refractivity contribution < 1.29 is 13.2 Å². The predicted octanol–water partition coefficient (Wildman–Crippen LogP) is 4.95. The summed E-state index contributed by atoms with van der Waals surface area (Å²) in [5.41, 5.74) is 1.14. The third-order valence-electron chi connectivity index (χ3n) is 3.35. The number of hydrogen-bond donors (Lipinski definition) is 1. The molecule has 3 aromatic rings. The average molecular weight is 462 g/mol. The van der Waals surface area contributed by atoms with Crippen LogP contribution in [-0.2, 0) is 15.8 Å². The quantitative estimate of drug-likeness (QED) is 0.501. The SMILES string of the molecule is COc1ccc(S(=O)(=O)Nc2nnc(SCc3ccccc3)s2)c(Cl)c1Cl. The number of thioether (sulfide) groups is 1. The Kier molecular flexibility index (Phi) is 6.48. The molecule has 0 aliphatic carbocycles. The van der Waals surface area contributed by atoms with Crippen molar-refractivity contribution in [2.75, 3.05) is 11.8 Å². The van der Waals surface area contributed by atoms with E-state index in [2.05, 4.69) is 14.9 Å². The number of nitrogens with zero attached hydrogens (tertiary/aromatic N) is 2. The number of methoxy groups -OCH3 is 1. The summed E-state index contributed by atoms with van der Waals surface area (Å²) in [5, 5.41) is 7.94. The van der Waals surface area contributed by atoms with E-state index in [-0.39, 0.29) is 25.8 Å². The lowest BCUT2D eigenvalue weighted by Crippen LogP contribution is -2.13. The molecule has 0 saturated heterocycles. The van der Waals surface area contributed by atoms with Crippen LogP contribution in [0.3, 0.4) is 0 Å². The molecule has 0 aliphatic rings. The number of halogens is 2. The Bertz CT molecular complexity index is 1040. The van der Waals surface area contributed by atoms with Crippen molar-refractivity contribution in [1.29, 1.82) is 0 Å². The number of aromatic nitrogens is 2. The minimum absolute atomic E-state index is 0.0263. The molecular formula is C16H13Cl2N3O3S3. The van der Waals surface area contributed by atoms with Crippen molar-refractivity contribution in [1.82, 2.24) is 10.2 Å². The van der Waals surface area contributed by atoms with Crippen molar-refractivity contribution in [3.05, 3.63) is 58.1 Å². The Morgan fingerprint density at radius 1 is 1.11 bits per heavy atom. The first-order valence-corrected chi connectivity index (χ1v) is 11.5. The van der Waals surface area contributed by atoms with E-state index in [1.54, 1.807) is 0 Å². The molecule has 27 heavy (non-hydrogen) atoms. The van der Waals surface area contributed by atoms with Crippen LogP contribution in [0.25, 0.3) is 0 Å². The second-order valence-corrected chi connectivity index (χ2v) is 9.75. The molecule has 11 heteroatoms. The first kappa shape index (κ1) is 20.2. The van der Waals surface area contributed by atoms with Crippen LogP contribution in [0, 0.1) is 0 Å². The molecule has 0 fully saturated rings. The molecule has 0 bridgehead atoms. The summed E-state index contributed by atoms with van der Waals surface area (Å²) < 4.78 is 33.3. The maximum atomic E-state index is 12.6. The topological polar surface area (TPSA) is 81.2 Å². The summed E-state index contributed by atoms with van der Waals surface area (Å²) in [7, 11) is -2.55. The Labute approximate surface area is 174 Å². The van der Waals surface area contributed by atoms with Gasteiger partial charge in [0.05, 0.1) is 12.1 Å². The van der Waals surface area contributed by atoms with Gasteiger partial charge in [-0.3, -0.25) is 4.72 Å². The fraction of sp³-hybridized carbons (Fsp3) is 0.125. The van der Waals surface area contributed by atoms with Crippen LogP contribution in [-0.4, -0.2) is 25.7 Å². The third kappa shape index (κ3) is 4.85. The molecule has 1 aromatic heterocycles. The zero-order chi connectivity index (χ0) is 19.4. The van der Waals surface area contributed by atoms with Crippen molar-refractivity contribution in [2.24, 2.45) is 0 Å². The first-order chi connectivity index (χ1) is 12.9. The van der Waals surface area contributed by atoms with Crippen LogP contribution in [0.2, 0.25) is 10.0 Å². The van der Waals surface area contributed by atoms with Gasteiger partial charge in [-0.1, -0.05) is 76.6 Å². The van der Waals surface area contributed by atoms with Crippen molar-refractivity contribution >= 4 is 61.5 Å². The normalized spacial score (nSPS) is 11.4. The maximum absolute atomic E-state index is 12.6. The second-order valence-electron chi connectivity index (χ2n) is 5.15. The minimum Gasteiger partial charge on any atom is -0.495 e. The van der Waals surface area contributed by atoms with Crippen LogP contribution in [0.5, 0.6) is 5.75 Å². The minimum atomic E-state index is -3.97. The highest BCUT2D eigenvalue weighted by Gasteiger charge is 2.23. The lowest BCUT2D eigenvalue weighted by atomic mass is 10.2. The molecule has 0 atom stereocenters. The van der Waals surface area contributed by atoms with Gasteiger partial charge in [0.2, 0.25) is 5.13 Å². The van der Waals surface area contributed by atoms with Gasteiger partial charge < -0.3 is 4.74 Å². The summed E-state index contributed by atoms with van der Waals surface area (Å²) >= 11 is 14.7. The number of sulfonamides is 1. The Hall–Kier alpha value is -1.52. The number of nitrogens with one attached hydrogen (secondary N) is 1. The number of rotatable bonds is 7. The molecule has 0 spiro atoms. The summed E-state index contributed by atoms with van der Waals surface area (Å²) in [6, 6.07) is 12.6. The Morgan fingerprint density at radius 3 is 2.56 bits per heavy atom. The zero-order valence-corrected chi connectivity index (χ0v) is 17.8. The lowest BCUT2D eigenvalue weighted by molar-refractivity contribution is 0.414. The monoisotopic (exact) mass is 461 g/mol. The number of ether oxygens (including phenoxy) is 1. The lowest BCUT2D eigenvalue weighted by Gasteiger charge is -2.10. The fourth-order valence-electron chi connectivity index (χ4n) is 2.08. The van der Waals surface area contributed by atoms with Gasteiger partial charge >= 0.3 is 0 Å². The largest absolute Gasteiger partial charge is 0.495 e. The number of benzene rings is 2. The van der Waals surface area contributed by atoms with Gasteiger partial charge in [0.1, 0.15) is 15.7 Å². The van der Waals surface area contributed by atoms with E-state index in [0.717, 1.165) is 16.9 Å². The van der Waals surface area contributed by atoms with Crippen LogP contribution in [0.1, 0.15) is 5.56 Å². The predicted molar refractivity (Wildman–Crippen MR) is 110 cm³/mol. The summed E-state index contributed by atoms with van der Waals surface area (Å²) in [4.78, 5) is -0.163. The van der Waals surface area contributed by atoms with Crippen molar-refractivity contribution in [3.8, 4) is 5.75 Å². The molecule has 2 aromatic carbocycles. The van der Waals surface area contributed by atoms with Crippen LogP contribution in [0.15, 0.2) is 51.7 Å². The van der Waals surface area contributed by atoms with Crippen LogP contribution >= 0.6 is 46.3 Å². The zero-order valence-electron chi connectivity index (χ0n) is 13.8. The van der Waals surface area contributed by atoms with Gasteiger partial charge in [-0.15, -0.1) is 10.2 Å². The van der Waals surface area contributed by atoms with E-state index in [9.17, 15) is 8.42 Å². The highest BCUT2D eigenvalue weighted by atomic mass is 35.5. The summed E-state index contributed by atoms with van der Waals surface area (Å²) in [6.45, 7) is 0. The van der Waals surface area contributed by atoms with Gasteiger partial charge in [-0.25, -0.2) is 8.42 Å². The Balaban J connectivity index is 1.73. The van der Waals surface area contributed by atoms with E-state index in [1.165, 1.54) is 31.0 Å². The second kappa shape index (κ2) is 8.66. The molecule has 1 heterocycles. The summed E-state index contributed by atoms with van der Waals surface area (Å²) in [5.74, 6) is 0.999. The van der Waals surface area contributed by atoms with Gasteiger partial charge in [0, 0.05) is 5.75 Å². The first-order valence-electron chi connectivity index (χ1n) is 7.46. The van der Waals surface area contributed by atoms with E-state index in [1.807, 2.05) is 30.3 Å². The Morgan fingerprint density at radius 2 is 1.85 bits per heavy atom. The molecule has 0 unspecified atom stereocenters. The van der Waals surface area contributed by atoms with Gasteiger partial charge in [0.15, 0.2) is 4.34 Å². The highest BCUT2D eigenvalue weighted by molar-refractivity contribution is 8.00. The van der Waals surface area contributed by atoms with Gasteiger partial charge in [-0.05, 0) is 17.7 Å². The van der Waals surface area contributed by atoms with E-state index in [0.29, 0.717) is 10.1 Å². The third-order valence-corrected chi connectivity index (χ3v) is 7.88. The highest BCUT2D eigenvalue weighted by Crippen LogP contribution is 2.37. The molecule has 1 N–H and O–H groups in total. The standard InChI is InChI=1S/C16H13Cl2N3O3S3/c1-24-11-7-8-12(14(18)13(11)17)27(22,23)21-15-19-20-16(26-15)25-9-10-5-3-2-4-6-10/h2-8H,9H2,1H3,(H,19,21). The van der Waals surface area contributed by atoms with Crippen LogP contribution < -0.4 is 9.46 Å². The molecular weight excluding hydrogens is 449 g/mol. The molecule has 0 aliphatic heterocycles. The molecule has 6 nitrogen and oxygen atoms in total. The number of hydrogen-bond acceptors (Lipinski definition) is 7. The summed E-state index contributed by atoms with van der Waals surface area (Å²) in [6.07, 6.45) is 0. The van der Waals surface area contributed by atoms with E-state index < -0.39 is 10.0 Å². The average Bonchev–Trinajstić information content (AvgIpc) is 3.09. The molecule has 0 radical (unpaired) electrons.